The normalized spacial score (nSPS) is 12.2. The van der Waals surface area contributed by atoms with E-state index in [9.17, 15) is 18.0 Å². The van der Waals surface area contributed by atoms with E-state index in [1.165, 1.54) is 0 Å². The van der Waals surface area contributed by atoms with E-state index >= 15 is 0 Å². The minimum atomic E-state index is -3.35. The van der Waals surface area contributed by atoms with Gasteiger partial charge in [-0.1, -0.05) is 0 Å². The first-order valence-electron chi connectivity index (χ1n) is 7.06. The Kier molecular flexibility index (Phi) is 6.38. The van der Waals surface area contributed by atoms with Gasteiger partial charge in [0, 0.05) is 12.2 Å². The van der Waals surface area contributed by atoms with E-state index < -0.39 is 28.0 Å². The zero-order valence-corrected chi connectivity index (χ0v) is 14.4. The molecule has 0 saturated heterocycles. The van der Waals surface area contributed by atoms with Gasteiger partial charge in [0.25, 0.3) is 0 Å². The molecule has 8 nitrogen and oxygen atoms in total. The summed E-state index contributed by atoms with van der Waals surface area (Å²) in [7, 11) is -3.35. The average molecular weight is 342 g/mol. The molecule has 1 atom stereocenters. The minimum absolute atomic E-state index is 0.426. The standard InChI is InChI=1S/C14H22N4O4S/c1-5-15-14(20)17-13(19)10(3)16-11-6-7-12(9(2)8-11)18-23(4,21)22/h6-8,10,16,18H,5H2,1-4H3,(H2,15,17,19,20)/t10-/m1/s1. The van der Waals surface area contributed by atoms with Crippen molar-refractivity contribution in [2.24, 2.45) is 0 Å². The zero-order valence-electron chi connectivity index (χ0n) is 13.6. The van der Waals surface area contributed by atoms with E-state index in [4.69, 9.17) is 0 Å². The maximum Gasteiger partial charge on any atom is 0.321 e. The molecule has 0 radical (unpaired) electrons. The third kappa shape index (κ3) is 6.55. The Hall–Kier alpha value is -2.29. The molecule has 0 saturated carbocycles. The van der Waals surface area contributed by atoms with Crippen LogP contribution in [0.5, 0.6) is 0 Å². The predicted molar refractivity (Wildman–Crippen MR) is 89.9 cm³/mol. The number of nitrogens with one attached hydrogen (secondary N) is 4. The molecule has 0 aliphatic rings. The van der Waals surface area contributed by atoms with Crippen molar-refractivity contribution < 1.29 is 18.0 Å². The van der Waals surface area contributed by atoms with Crippen molar-refractivity contribution in [3.63, 3.8) is 0 Å². The van der Waals surface area contributed by atoms with Crippen LogP contribution in [0.4, 0.5) is 16.2 Å². The number of urea groups is 1. The Morgan fingerprint density at radius 2 is 1.91 bits per heavy atom. The molecule has 0 fully saturated rings. The smallest absolute Gasteiger partial charge is 0.321 e. The van der Waals surface area contributed by atoms with E-state index in [0.717, 1.165) is 6.26 Å². The number of rotatable bonds is 6. The van der Waals surface area contributed by atoms with Gasteiger partial charge in [0.05, 0.1) is 11.9 Å². The number of carbonyl (C=O) groups excluding carboxylic acids is 2. The second-order valence-corrected chi connectivity index (χ2v) is 6.87. The summed E-state index contributed by atoms with van der Waals surface area (Å²) in [6, 6.07) is 3.79. The summed E-state index contributed by atoms with van der Waals surface area (Å²) in [5, 5.41) is 7.64. The number of imide groups is 1. The third-order valence-corrected chi connectivity index (χ3v) is 3.46. The van der Waals surface area contributed by atoms with Crippen LogP contribution in [-0.4, -0.2) is 39.2 Å². The van der Waals surface area contributed by atoms with Crippen LogP contribution in [0.3, 0.4) is 0 Å². The highest BCUT2D eigenvalue weighted by Crippen LogP contribution is 2.21. The fourth-order valence-electron chi connectivity index (χ4n) is 1.81. The highest BCUT2D eigenvalue weighted by atomic mass is 32.2. The maximum atomic E-state index is 11.8. The summed E-state index contributed by atoms with van der Waals surface area (Å²) < 4.78 is 24.9. The molecule has 1 rings (SSSR count). The van der Waals surface area contributed by atoms with Crippen molar-refractivity contribution in [3.8, 4) is 0 Å². The van der Waals surface area contributed by atoms with Crippen LogP contribution in [0.1, 0.15) is 19.4 Å². The van der Waals surface area contributed by atoms with Crippen LogP contribution in [-0.2, 0) is 14.8 Å². The third-order valence-electron chi connectivity index (χ3n) is 2.87. The van der Waals surface area contributed by atoms with Crippen LogP contribution < -0.4 is 20.7 Å². The minimum Gasteiger partial charge on any atom is -0.374 e. The Balaban J connectivity index is 2.72. The van der Waals surface area contributed by atoms with E-state index in [0.29, 0.717) is 23.5 Å². The fourth-order valence-corrected chi connectivity index (χ4v) is 2.44. The molecule has 9 heteroatoms. The van der Waals surface area contributed by atoms with Gasteiger partial charge in [0.15, 0.2) is 0 Å². The van der Waals surface area contributed by atoms with Crippen LogP contribution in [0.25, 0.3) is 0 Å². The lowest BCUT2D eigenvalue weighted by Crippen LogP contribution is -2.45. The van der Waals surface area contributed by atoms with Crippen LogP contribution in [0.15, 0.2) is 18.2 Å². The molecule has 23 heavy (non-hydrogen) atoms. The Morgan fingerprint density at radius 3 is 2.43 bits per heavy atom. The highest BCUT2D eigenvalue weighted by molar-refractivity contribution is 7.92. The molecule has 0 aromatic heterocycles. The van der Waals surface area contributed by atoms with Gasteiger partial charge in [-0.2, -0.15) is 0 Å². The summed E-state index contributed by atoms with van der Waals surface area (Å²) in [5.74, 6) is -0.466. The Labute approximate surface area is 136 Å². The van der Waals surface area contributed by atoms with Crippen molar-refractivity contribution in [3.05, 3.63) is 23.8 Å². The van der Waals surface area contributed by atoms with Gasteiger partial charge in [-0.25, -0.2) is 13.2 Å². The lowest BCUT2D eigenvalue weighted by atomic mass is 10.1. The van der Waals surface area contributed by atoms with E-state index in [2.05, 4.69) is 20.7 Å². The molecule has 0 bridgehead atoms. The molecule has 0 spiro atoms. The monoisotopic (exact) mass is 342 g/mol. The number of benzene rings is 1. The molecule has 0 unspecified atom stereocenters. The fraction of sp³-hybridized carbons (Fsp3) is 0.429. The quantitative estimate of drug-likeness (QED) is 0.616. The second-order valence-electron chi connectivity index (χ2n) is 5.12. The molecule has 1 aromatic rings. The van der Waals surface area contributed by atoms with Crippen molar-refractivity contribution in [1.29, 1.82) is 0 Å². The Morgan fingerprint density at radius 1 is 1.26 bits per heavy atom. The summed E-state index contributed by atoms with van der Waals surface area (Å²) in [4.78, 5) is 23.2. The molecule has 0 aliphatic carbocycles. The average Bonchev–Trinajstić information content (AvgIpc) is 2.40. The van der Waals surface area contributed by atoms with Gasteiger partial charge < -0.3 is 10.6 Å². The summed E-state index contributed by atoms with van der Waals surface area (Å²) >= 11 is 0. The second kappa shape index (κ2) is 7.82. The van der Waals surface area contributed by atoms with Crippen molar-refractivity contribution in [1.82, 2.24) is 10.6 Å². The van der Waals surface area contributed by atoms with E-state index in [1.54, 1.807) is 39.0 Å². The number of carbonyl (C=O) groups is 2. The number of sulfonamides is 1. The first-order chi connectivity index (χ1) is 10.6. The topological polar surface area (TPSA) is 116 Å². The summed E-state index contributed by atoms with van der Waals surface area (Å²) in [5.41, 5.74) is 1.81. The molecule has 4 N–H and O–H groups in total. The molecule has 128 valence electrons. The number of hydrogen-bond acceptors (Lipinski definition) is 5. The number of hydrogen-bond donors (Lipinski definition) is 4. The predicted octanol–water partition coefficient (Wildman–Crippen LogP) is 1.01. The molecule has 0 heterocycles. The van der Waals surface area contributed by atoms with E-state index in [-0.39, 0.29) is 0 Å². The molecule has 3 amide bonds. The SMILES string of the molecule is CCNC(=O)NC(=O)[C@@H](C)Nc1ccc(NS(C)(=O)=O)c(C)c1. The highest BCUT2D eigenvalue weighted by Gasteiger charge is 2.15. The largest absolute Gasteiger partial charge is 0.374 e. The zero-order chi connectivity index (χ0) is 17.6. The van der Waals surface area contributed by atoms with Crippen molar-refractivity contribution in [2.75, 3.05) is 22.8 Å². The van der Waals surface area contributed by atoms with Gasteiger partial charge in [-0.05, 0) is 44.5 Å². The van der Waals surface area contributed by atoms with Gasteiger partial charge in [-0.3, -0.25) is 14.8 Å². The number of amides is 3. The van der Waals surface area contributed by atoms with E-state index in [1.807, 2.05) is 0 Å². The lowest BCUT2D eigenvalue weighted by Gasteiger charge is -2.16. The summed E-state index contributed by atoms with van der Waals surface area (Å²) in [6.07, 6.45) is 1.08. The van der Waals surface area contributed by atoms with Crippen molar-refractivity contribution >= 4 is 33.3 Å². The molecular weight excluding hydrogens is 320 g/mol. The number of anilines is 2. The van der Waals surface area contributed by atoms with Crippen LogP contribution in [0.2, 0.25) is 0 Å². The van der Waals surface area contributed by atoms with Gasteiger partial charge in [0.1, 0.15) is 6.04 Å². The first kappa shape index (κ1) is 18.8. The molecular formula is C14H22N4O4S. The van der Waals surface area contributed by atoms with Crippen molar-refractivity contribution in [2.45, 2.75) is 26.8 Å². The summed E-state index contributed by atoms with van der Waals surface area (Å²) in [6.45, 7) is 5.54. The van der Waals surface area contributed by atoms with Crippen LogP contribution >= 0.6 is 0 Å². The first-order valence-corrected chi connectivity index (χ1v) is 8.95. The van der Waals surface area contributed by atoms with Gasteiger partial charge in [0.2, 0.25) is 15.9 Å². The van der Waals surface area contributed by atoms with Gasteiger partial charge >= 0.3 is 6.03 Å². The number of aryl methyl sites for hydroxylation is 1. The lowest BCUT2D eigenvalue weighted by molar-refractivity contribution is -0.120. The van der Waals surface area contributed by atoms with Gasteiger partial charge in [-0.15, -0.1) is 0 Å². The molecule has 0 aliphatic heterocycles. The maximum absolute atomic E-state index is 11.8. The van der Waals surface area contributed by atoms with Crippen LogP contribution in [0, 0.1) is 6.92 Å². The molecule has 1 aromatic carbocycles. The Bertz CT molecular complexity index is 688.